The maximum atomic E-state index is 10.7. The van der Waals surface area contributed by atoms with Crippen LogP contribution in [0.15, 0.2) is 34.4 Å². The van der Waals surface area contributed by atoms with Gasteiger partial charge in [-0.05, 0) is 31.2 Å². The van der Waals surface area contributed by atoms with Gasteiger partial charge in [0.2, 0.25) is 0 Å². The van der Waals surface area contributed by atoms with Crippen molar-refractivity contribution in [1.82, 2.24) is 5.01 Å². The molecule has 1 rings (SSSR count). The first-order chi connectivity index (χ1) is 9.08. The van der Waals surface area contributed by atoms with Crippen LogP contribution < -0.4 is 4.74 Å². The van der Waals surface area contributed by atoms with E-state index >= 15 is 0 Å². The molecule has 0 aliphatic heterocycles. The lowest BCUT2D eigenvalue weighted by Crippen LogP contribution is -2.36. The largest absolute Gasteiger partial charge is 0.497 e. The third-order valence-corrected chi connectivity index (χ3v) is 3.55. The van der Waals surface area contributed by atoms with E-state index in [0.717, 1.165) is 15.7 Å². The fraction of sp³-hybridized carbons (Fsp3) is 0.417. The summed E-state index contributed by atoms with van der Waals surface area (Å²) < 4.78 is 5.05. The first-order valence-corrected chi connectivity index (χ1v) is 6.66. The number of nitroso groups, excluding NO2 is 1. The van der Waals surface area contributed by atoms with Gasteiger partial charge in [-0.2, -0.15) is 0 Å². The number of thioether (sulfide) groups is 1. The highest BCUT2D eigenvalue weighted by Crippen LogP contribution is 2.21. The molecule has 0 aromatic heterocycles. The molecule has 0 radical (unpaired) electrons. The molecule has 1 aromatic rings. The number of hydrogen-bond acceptors (Lipinski definition) is 5. The molecule has 6 nitrogen and oxygen atoms in total. The Balaban J connectivity index is 2.43. The smallest absolute Gasteiger partial charge is 0.327 e. The molecule has 104 valence electrons. The number of rotatable bonds is 8. The van der Waals surface area contributed by atoms with Crippen LogP contribution in [0.1, 0.15) is 6.92 Å². The molecule has 0 saturated heterocycles. The Labute approximate surface area is 115 Å². The van der Waals surface area contributed by atoms with E-state index in [-0.39, 0.29) is 6.54 Å². The predicted octanol–water partition coefficient (Wildman–Crippen LogP) is 2.24. The normalized spacial score (nSPS) is 11.7. The van der Waals surface area contributed by atoms with Crippen molar-refractivity contribution in [3.63, 3.8) is 0 Å². The van der Waals surface area contributed by atoms with E-state index in [0.29, 0.717) is 5.75 Å². The average Bonchev–Trinajstić information content (AvgIpc) is 2.43. The van der Waals surface area contributed by atoms with Gasteiger partial charge >= 0.3 is 5.97 Å². The fourth-order valence-electron chi connectivity index (χ4n) is 1.36. The zero-order chi connectivity index (χ0) is 14.3. The summed E-state index contributed by atoms with van der Waals surface area (Å²) in [6, 6.07) is 6.59. The molecule has 0 bridgehead atoms. The van der Waals surface area contributed by atoms with Crippen molar-refractivity contribution in [1.29, 1.82) is 0 Å². The Hall–Kier alpha value is -1.76. The highest BCUT2D eigenvalue weighted by molar-refractivity contribution is 7.99. The molecule has 1 N–H and O–H groups in total. The van der Waals surface area contributed by atoms with Crippen molar-refractivity contribution in [2.75, 3.05) is 19.4 Å². The van der Waals surface area contributed by atoms with Crippen molar-refractivity contribution in [2.45, 2.75) is 17.9 Å². The van der Waals surface area contributed by atoms with Crippen LogP contribution in [-0.4, -0.2) is 41.5 Å². The van der Waals surface area contributed by atoms with Crippen molar-refractivity contribution in [3.8, 4) is 5.75 Å². The van der Waals surface area contributed by atoms with Gasteiger partial charge in [-0.3, -0.25) is 0 Å². The van der Waals surface area contributed by atoms with Crippen molar-refractivity contribution in [2.24, 2.45) is 5.29 Å². The Morgan fingerprint density at radius 1 is 1.47 bits per heavy atom. The van der Waals surface area contributed by atoms with Crippen LogP contribution in [-0.2, 0) is 4.79 Å². The monoisotopic (exact) mass is 284 g/mol. The van der Waals surface area contributed by atoms with Gasteiger partial charge in [-0.25, -0.2) is 9.80 Å². The molecular formula is C12H16N2O4S. The lowest BCUT2D eigenvalue weighted by Gasteiger charge is -2.18. The van der Waals surface area contributed by atoms with Crippen molar-refractivity contribution >= 4 is 17.7 Å². The predicted molar refractivity (Wildman–Crippen MR) is 73.3 cm³/mol. The number of carboxylic acid groups (broad SMARTS) is 1. The molecule has 7 heteroatoms. The zero-order valence-electron chi connectivity index (χ0n) is 10.8. The minimum Gasteiger partial charge on any atom is -0.497 e. The summed E-state index contributed by atoms with van der Waals surface area (Å²) in [5, 5.41) is 12.6. The van der Waals surface area contributed by atoms with Gasteiger partial charge in [0.05, 0.1) is 12.4 Å². The SMILES string of the molecule is COc1ccc(SCCN(N=O)C(C)C(=O)O)cc1. The van der Waals surface area contributed by atoms with Crippen LogP contribution in [0.4, 0.5) is 0 Å². The summed E-state index contributed by atoms with van der Waals surface area (Å²) in [6.07, 6.45) is 0. The van der Waals surface area contributed by atoms with Crippen LogP contribution in [0.5, 0.6) is 5.75 Å². The van der Waals surface area contributed by atoms with E-state index in [2.05, 4.69) is 5.29 Å². The molecule has 1 unspecified atom stereocenters. The highest BCUT2D eigenvalue weighted by Gasteiger charge is 2.19. The number of carboxylic acids is 1. The molecule has 0 heterocycles. The van der Waals surface area contributed by atoms with Crippen LogP contribution >= 0.6 is 11.8 Å². The van der Waals surface area contributed by atoms with Crippen LogP contribution in [0.25, 0.3) is 0 Å². The van der Waals surface area contributed by atoms with Crippen LogP contribution in [0.3, 0.4) is 0 Å². The number of methoxy groups -OCH3 is 1. The summed E-state index contributed by atoms with van der Waals surface area (Å²) in [6.45, 7) is 1.72. The molecule has 1 atom stereocenters. The van der Waals surface area contributed by atoms with Gasteiger partial charge in [-0.1, -0.05) is 0 Å². The minimum absolute atomic E-state index is 0.285. The second-order valence-corrected chi connectivity index (χ2v) is 4.95. The van der Waals surface area contributed by atoms with E-state index in [1.165, 1.54) is 18.7 Å². The Kier molecular flexibility index (Phi) is 6.14. The van der Waals surface area contributed by atoms with E-state index in [9.17, 15) is 9.70 Å². The number of benzene rings is 1. The second kappa shape index (κ2) is 7.63. The van der Waals surface area contributed by atoms with E-state index in [1.54, 1.807) is 7.11 Å². The molecule has 0 saturated carbocycles. The number of aliphatic carboxylic acids is 1. The fourth-order valence-corrected chi connectivity index (χ4v) is 2.20. The highest BCUT2D eigenvalue weighted by atomic mass is 32.2. The number of ether oxygens (including phenoxy) is 1. The lowest BCUT2D eigenvalue weighted by atomic mass is 10.3. The maximum absolute atomic E-state index is 10.7. The summed E-state index contributed by atoms with van der Waals surface area (Å²) in [4.78, 5) is 22.3. The molecule has 1 aromatic carbocycles. The third kappa shape index (κ3) is 4.78. The number of carbonyl (C=O) groups is 1. The maximum Gasteiger partial charge on any atom is 0.327 e. The van der Waals surface area contributed by atoms with Crippen LogP contribution in [0.2, 0.25) is 0 Å². The molecule has 19 heavy (non-hydrogen) atoms. The Morgan fingerprint density at radius 3 is 2.58 bits per heavy atom. The molecule has 0 spiro atoms. The van der Waals surface area contributed by atoms with E-state index in [1.807, 2.05) is 24.3 Å². The average molecular weight is 284 g/mol. The topological polar surface area (TPSA) is 79.2 Å². The van der Waals surface area contributed by atoms with Gasteiger partial charge in [0, 0.05) is 17.2 Å². The molecule has 0 fully saturated rings. The molecule has 0 amide bonds. The zero-order valence-corrected chi connectivity index (χ0v) is 11.6. The summed E-state index contributed by atoms with van der Waals surface area (Å²) in [7, 11) is 1.60. The molecular weight excluding hydrogens is 268 g/mol. The number of nitrogens with zero attached hydrogens (tertiary/aromatic N) is 2. The van der Waals surface area contributed by atoms with E-state index in [4.69, 9.17) is 9.84 Å². The van der Waals surface area contributed by atoms with Crippen LogP contribution in [0, 0.1) is 4.91 Å². The summed E-state index contributed by atoms with van der Waals surface area (Å²) in [5.41, 5.74) is 0. The summed E-state index contributed by atoms with van der Waals surface area (Å²) >= 11 is 1.52. The van der Waals surface area contributed by atoms with E-state index < -0.39 is 12.0 Å². The minimum atomic E-state index is -1.06. The van der Waals surface area contributed by atoms with Gasteiger partial charge < -0.3 is 9.84 Å². The third-order valence-electron chi connectivity index (χ3n) is 2.56. The van der Waals surface area contributed by atoms with Gasteiger partial charge in [-0.15, -0.1) is 16.7 Å². The summed E-state index contributed by atoms with van der Waals surface area (Å²) in [5.74, 6) is 0.296. The Bertz CT molecular complexity index is 424. The standard InChI is InChI=1S/C12H16N2O4S/c1-9(12(15)16)14(13-17)7-8-19-11-5-3-10(18-2)4-6-11/h3-6,9H,7-8H2,1-2H3,(H,15,16). The number of hydrogen-bond donors (Lipinski definition) is 1. The lowest BCUT2D eigenvalue weighted by molar-refractivity contribution is -0.142. The first kappa shape index (κ1) is 15.3. The second-order valence-electron chi connectivity index (χ2n) is 3.78. The van der Waals surface area contributed by atoms with Gasteiger partial charge in [0.15, 0.2) is 0 Å². The molecule has 0 aliphatic rings. The van der Waals surface area contributed by atoms with Gasteiger partial charge in [0.25, 0.3) is 0 Å². The Morgan fingerprint density at radius 2 is 2.11 bits per heavy atom. The molecule has 0 aliphatic carbocycles. The first-order valence-electron chi connectivity index (χ1n) is 5.68. The quantitative estimate of drug-likeness (QED) is 0.448. The van der Waals surface area contributed by atoms with Crippen molar-refractivity contribution < 1.29 is 14.6 Å². The van der Waals surface area contributed by atoms with Crippen molar-refractivity contribution in [3.05, 3.63) is 29.2 Å². The van der Waals surface area contributed by atoms with Gasteiger partial charge in [0.1, 0.15) is 11.8 Å².